The van der Waals surface area contributed by atoms with Crippen molar-refractivity contribution in [2.75, 3.05) is 0 Å². The van der Waals surface area contributed by atoms with Gasteiger partial charge in [0.25, 0.3) is 0 Å². The van der Waals surface area contributed by atoms with E-state index < -0.39 is 0 Å². The normalized spacial score (nSPS) is 17.7. The summed E-state index contributed by atoms with van der Waals surface area (Å²) in [5, 5.41) is 2.91. The van der Waals surface area contributed by atoms with Crippen LogP contribution in [0.1, 0.15) is 12.8 Å². The van der Waals surface area contributed by atoms with Gasteiger partial charge in [-0.3, -0.25) is 0 Å². The van der Waals surface area contributed by atoms with E-state index in [-0.39, 0.29) is 6.10 Å². The van der Waals surface area contributed by atoms with Crippen LogP contribution in [0.3, 0.4) is 0 Å². The summed E-state index contributed by atoms with van der Waals surface area (Å²) in [5.74, 6) is 0. The minimum absolute atomic E-state index is 0.232. The molecule has 0 saturated heterocycles. The Bertz CT molecular complexity index is 103. The van der Waals surface area contributed by atoms with Crippen LogP contribution >= 0.6 is 0 Å². The number of hydrogen-bond donors (Lipinski definition) is 0. The molecule has 0 aromatic rings. The van der Waals surface area contributed by atoms with E-state index in [1.54, 1.807) is 0 Å². The van der Waals surface area contributed by atoms with Crippen LogP contribution in [0.5, 0.6) is 0 Å². The molecule has 0 amide bonds. The molecule has 1 aliphatic carbocycles. The molecule has 0 heterocycles. The third-order valence-electron chi connectivity index (χ3n) is 0.757. The predicted molar refractivity (Wildman–Crippen MR) is 23.3 cm³/mol. The summed E-state index contributed by atoms with van der Waals surface area (Å²) in [6, 6.07) is 0. The number of rotatable bonds is 2. The third-order valence-corrected chi connectivity index (χ3v) is 0.757. The molecular formula is C3H5N3O. The van der Waals surface area contributed by atoms with Crippen molar-refractivity contribution in [3.05, 3.63) is 10.4 Å². The first-order valence-corrected chi connectivity index (χ1v) is 2.13. The smallest absolute Gasteiger partial charge is 0.111 e. The molecule has 0 radical (unpaired) electrons. The van der Waals surface area contributed by atoms with Crippen molar-refractivity contribution in [3.63, 3.8) is 0 Å². The van der Waals surface area contributed by atoms with E-state index in [0.29, 0.717) is 0 Å². The summed E-state index contributed by atoms with van der Waals surface area (Å²) in [4.78, 5) is 6.93. The van der Waals surface area contributed by atoms with Gasteiger partial charge in [-0.1, -0.05) is 0 Å². The Morgan fingerprint density at radius 3 is 2.86 bits per heavy atom. The second kappa shape index (κ2) is 1.71. The first kappa shape index (κ1) is 4.27. The van der Waals surface area contributed by atoms with Gasteiger partial charge >= 0.3 is 0 Å². The lowest BCUT2D eigenvalue weighted by atomic mass is 10.9. The molecule has 1 saturated carbocycles. The Hall–Kier alpha value is -0.890. The summed E-state index contributed by atoms with van der Waals surface area (Å²) in [5.41, 5.74) is 7.68. The van der Waals surface area contributed by atoms with Gasteiger partial charge in [-0.05, 0) is 18.4 Å². The molecule has 0 spiro atoms. The zero-order valence-corrected chi connectivity index (χ0v) is 3.74. The van der Waals surface area contributed by atoms with E-state index in [1.807, 2.05) is 0 Å². The summed E-state index contributed by atoms with van der Waals surface area (Å²) >= 11 is 0. The molecule has 4 nitrogen and oxygen atoms in total. The summed E-state index contributed by atoms with van der Waals surface area (Å²) in [6.07, 6.45) is 2.31. The monoisotopic (exact) mass is 99.0 g/mol. The Kier molecular flexibility index (Phi) is 1.04. The van der Waals surface area contributed by atoms with Gasteiger partial charge in [0, 0.05) is 4.91 Å². The standard InChI is InChI=1S/C3H5N3O/c4-5-6-7-3-1-2-3/h3H,1-2H2. The van der Waals surface area contributed by atoms with Crippen molar-refractivity contribution >= 4 is 0 Å². The number of hydrogen-bond acceptors (Lipinski definition) is 2. The van der Waals surface area contributed by atoms with Gasteiger partial charge in [-0.2, -0.15) is 0 Å². The van der Waals surface area contributed by atoms with Crippen molar-refractivity contribution in [1.29, 1.82) is 0 Å². The highest BCUT2D eigenvalue weighted by Gasteiger charge is 2.22. The molecule has 0 aliphatic heterocycles. The maximum Gasteiger partial charge on any atom is 0.111 e. The van der Waals surface area contributed by atoms with Crippen LogP contribution in [0.4, 0.5) is 0 Å². The molecule has 0 unspecified atom stereocenters. The zero-order chi connectivity index (χ0) is 5.11. The van der Waals surface area contributed by atoms with Gasteiger partial charge in [0.2, 0.25) is 0 Å². The molecule has 0 aromatic heterocycles. The molecule has 1 fully saturated rings. The number of azide groups is 1. The van der Waals surface area contributed by atoms with Crippen LogP contribution in [-0.4, -0.2) is 6.10 Å². The molecule has 1 rings (SSSR count). The van der Waals surface area contributed by atoms with E-state index in [4.69, 9.17) is 5.53 Å². The Balaban J connectivity index is 2.09. The number of nitrogens with zero attached hydrogens (tertiary/aromatic N) is 3. The molecular weight excluding hydrogens is 94.1 g/mol. The predicted octanol–water partition coefficient (Wildman–Crippen LogP) is 1.39. The Morgan fingerprint density at radius 2 is 2.43 bits per heavy atom. The van der Waals surface area contributed by atoms with Crippen LogP contribution in [-0.2, 0) is 4.84 Å². The lowest BCUT2D eigenvalue weighted by Crippen LogP contribution is -1.78. The molecule has 0 atom stereocenters. The lowest BCUT2D eigenvalue weighted by Gasteiger charge is -1.84. The van der Waals surface area contributed by atoms with Crippen molar-refractivity contribution in [2.45, 2.75) is 18.9 Å². The van der Waals surface area contributed by atoms with Gasteiger partial charge in [0.05, 0.1) is 0 Å². The van der Waals surface area contributed by atoms with Crippen LogP contribution in [0.2, 0.25) is 0 Å². The molecule has 1 aliphatic rings. The largest absolute Gasteiger partial charge is 0.430 e. The van der Waals surface area contributed by atoms with Gasteiger partial charge in [0.1, 0.15) is 11.4 Å². The average Bonchev–Trinajstić information content (AvgIpc) is 2.42. The van der Waals surface area contributed by atoms with Gasteiger partial charge in [-0.25, -0.2) is 0 Å². The van der Waals surface area contributed by atoms with Crippen LogP contribution < -0.4 is 0 Å². The van der Waals surface area contributed by atoms with Crippen LogP contribution in [0, 0.1) is 0 Å². The van der Waals surface area contributed by atoms with Crippen LogP contribution in [0.25, 0.3) is 10.4 Å². The zero-order valence-electron chi connectivity index (χ0n) is 3.74. The SMILES string of the molecule is [N-]=[N+]=NOC1CC1. The van der Waals surface area contributed by atoms with Gasteiger partial charge < -0.3 is 4.84 Å². The van der Waals surface area contributed by atoms with E-state index in [0.717, 1.165) is 12.8 Å². The Morgan fingerprint density at radius 1 is 1.71 bits per heavy atom. The first-order valence-electron chi connectivity index (χ1n) is 2.13. The fourth-order valence-corrected chi connectivity index (χ4v) is 0.261. The molecule has 0 aromatic carbocycles. The van der Waals surface area contributed by atoms with Crippen molar-refractivity contribution in [2.24, 2.45) is 5.28 Å². The van der Waals surface area contributed by atoms with Crippen molar-refractivity contribution in [1.82, 2.24) is 0 Å². The minimum atomic E-state index is 0.232. The maximum atomic E-state index is 7.68. The Labute approximate surface area is 40.7 Å². The second-order valence-corrected chi connectivity index (χ2v) is 1.48. The van der Waals surface area contributed by atoms with Crippen LogP contribution in [0.15, 0.2) is 5.28 Å². The highest BCUT2D eigenvalue weighted by molar-refractivity contribution is 4.71. The van der Waals surface area contributed by atoms with Crippen molar-refractivity contribution in [3.8, 4) is 0 Å². The average molecular weight is 99.1 g/mol. The molecule has 0 N–H and O–H groups in total. The minimum Gasteiger partial charge on any atom is -0.430 e. The molecule has 0 bridgehead atoms. The summed E-state index contributed by atoms with van der Waals surface area (Å²) < 4.78 is 0. The molecule has 4 heteroatoms. The summed E-state index contributed by atoms with van der Waals surface area (Å²) in [7, 11) is 0. The van der Waals surface area contributed by atoms with Crippen molar-refractivity contribution < 1.29 is 4.84 Å². The van der Waals surface area contributed by atoms with Gasteiger partial charge in [0.15, 0.2) is 0 Å². The summed E-state index contributed by atoms with van der Waals surface area (Å²) in [6.45, 7) is 0. The maximum absolute atomic E-state index is 7.68. The van der Waals surface area contributed by atoms with E-state index >= 15 is 0 Å². The van der Waals surface area contributed by atoms with E-state index in [9.17, 15) is 0 Å². The highest BCUT2D eigenvalue weighted by Crippen LogP contribution is 2.23. The highest BCUT2D eigenvalue weighted by atomic mass is 16.7. The lowest BCUT2D eigenvalue weighted by molar-refractivity contribution is 0.123. The fourth-order valence-electron chi connectivity index (χ4n) is 0.261. The van der Waals surface area contributed by atoms with E-state index in [2.05, 4.69) is 15.0 Å². The fraction of sp³-hybridized carbons (Fsp3) is 1.00. The molecule has 7 heavy (non-hydrogen) atoms. The topological polar surface area (TPSA) is 58.0 Å². The molecule has 38 valence electrons. The quantitative estimate of drug-likeness (QED) is 0.223. The van der Waals surface area contributed by atoms with Gasteiger partial charge in [-0.15, -0.1) is 0 Å². The second-order valence-electron chi connectivity index (χ2n) is 1.48. The third kappa shape index (κ3) is 1.32. The van der Waals surface area contributed by atoms with E-state index in [1.165, 1.54) is 0 Å². The first-order chi connectivity index (χ1) is 3.43.